The lowest BCUT2D eigenvalue weighted by Crippen LogP contribution is -2.08. The fourth-order valence-electron chi connectivity index (χ4n) is 1.40. The SMILES string of the molecule is COCCCNc1ccc(N)c(C(=O)OC)c1. The molecule has 0 spiro atoms. The van der Waals surface area contributed by atoms with Crippen molar-refractivity contribution in [3.8, 4) is 0 Å². The highest BCUT2D eigenvalue weighted by Gasteiger charge is 2.10. The van der Waals surface area contributed by atoms with Gasteiger partial charge < -0.3 is 20.5 Å². The molecule has 0 aliphatic carbocycles. The van der Waals surface area contributed by atoms with Gasteiger partial charge >= 0.3 is 5.97 Å². The lowest BCUT2D eigenvalue weighted by atomic mass is 10.1. The molecule has 0 fully saturated rings. The Kier molecular flexibility index (Phi) is 5.29. The number of ether oxygens (including phenoxy) is 2. The maximum Gasteiger partial charge on any atom is 0.340 e. The first-order valence-corrected chi connectivity index (χ1v) is 5.39. The molecule has 0 saturated heterocycles. The topological polar surface area (TPSA) is 73.6 Å². The van der Waals surface area contributed by atoms with Crippen molar-refractivity contribution >= 4 is 17.3 Å². The molecule has 1 aromatic carbocycles. The van der Waals surface area contributed by atoms with E-state index in [0.717, 1.165) is 18.7 Å². The van der Waals surface area contributed by atoms with Crippen LogP contribution in [-0.4, -0.2) is 33.3 Å². The van der Waals surface area contributed by atoms with Crippen LogP contribution in [0.3, 0.4) is 0 Å². The highest BCUT2D eigenvalue weighted by atomic mass is 16.5. The lowest BCUT2D eigenvalue weighted by Gasteiger charge is -2.09. The number of methoxy groups -OCH3 is 2. The van der Waals surface area contributed by atoms with Crippen LogP contribution >= 0.6 is 0 Å². The maximum absolute atomic E-state index is 11.4. The van der Waals surface area contributed by atoms with E-state index in [1.165, 1.54) is 7.11 Å². The fraction of sp³-hybridized carbons (Fsp3) is 0.417. The molecule has 0 aliphatic rings. The van der Waals surface area contributed by atoms with Crippen molar-refractivity contribution in [2.45, 2.75) is 6.42 Å². The molecule has 0 atom stereocenters. The first-order chi connectivity index (χ1) is 8.19. The number of nitrogens with two attached hydrogens (primary N) is 1. The van der Waals surface area contributed by atoms with Gasteiger partial charge in [-0.15, -0.1) is 0 Å². The third-order valence-corrected chi connectivity index (χ3v) is 2.31. The summed E-state index contributed by atoms with van der Waals surface area (Å²) in [4.78, 5) is 11.4. The molecule has 5 nitrogen and oxygen atoms in total. The predicted octanol–water partition coefficient (Wildman–Crippen LogP) is 1.50. The van der Waals surface area contributed by atoms with E-state index < -0.39 is 5.97 Å². The van der Waals surface area contributed by atoms with Crippen molar-refractivity contribution in [1.82, 2.24) is 0 Å². The van der Waals surface area contributed by atoms with Crippen LogP contribution in [0.1, 0.15) is 16.8 Å². The maximum atomic E-state index is 11.4. The second-order valence-corrected chi connectivity index (χ2v) is 3.57. The number of carbonyl (C=O) groups is 1. The minimum Gasteiger partial charge on any atom is -0.465 e. The summed E-state index contributed by atoms with van der Waals surface area (Å²) in [6, 6.07) is 5.20. The summed E-state index contributed by atoms with van der Waals surface area (Å²) in [6.45, 7) is 1.48. The van der Waals surface area contributed by atoms with Gasteiger partial charge in [0.15, 0.2) is 0 Å². The van der Waals surface area contributed by atoms with Crippen LogP contribution in [0.4, 0.5) is 11.4 Å². The minimum absolute atomic E-state index is 0.379. The number of hydrogen-bond donors (Lipinski definition) is 2. The molecule has 17 heavy (non-hydrogen) atoms. The number of nitrogens with one attached hydrogen (secondary N) is 1. The minimum atomic E-state index is -0.428. The average Bonchev–Trinajstić information content (AvgIpc) is 2.35. The lowest BCUT2D eigenvalue weighted by molar-refractivity contribution is 0.0602. The number of anilines is 2. The van der Waals surface area contributed by atoms with Crippen molar-refractivity contribution < 1.29 is 14.3 Å². The highest BCUT2D eigenvalue weighted by Crippen LogP contribution is 2.18. The molecule has 0 bridgehead atoms. The zero-order valence-electron chi connectivity index (χ0n) is 10.2. The van der Waals surface area contributed by atoms with Crippen LogP contribution in [0, 0.1) is 0 Å². The predicted molar refractivity (Wildman–Crippen MR) is 67.2 cm³/mol. The van der Waals surface area contributed by atoms with Gasteiger partial charge in [0.2, 0.25) is 0 Å². The van der Waals surface area contributed by atoms with E-state index in [2.05, 4.69) is 10.1 Å². The summed E-state index contributed by atoms with van der Waals surface area (Å²) in [7, 11) is 3.00. The Morgan fingerprint density at radius 1 is 1.41 bits per heavy atom. The number of benzene rings is 1. The van der Waals surface area contributed by atoms with Gasteiger partial charge in [0.1, 0.15) is 0 Å². The van der Waals surface area contributed by atoms with E-state index in [4.69, 9.17) is 10.5 Å². The molecule has 0 radical (unpaired) electrons. The first-order valence-electron chi connectivity index (χ1n) is 5.39. The fourth-order valence-corrected chi connectivity index (χ4v) is 1.40. The van der Waals surface area contributed by atoms with Gasteiger partial charge in [0, 0.05) is 31.6 Å². The van der Waals surface area contributed by atoms with Crippen LogP contribution in [0.2, 0.25) is 0 Å². The van der Waals surface area contributed by atoms with Crippen molar-refractivity contribution in [1.29, 1.82) is 0 Å². The molecular formula is C12H18N2O3. The Hall–Kier alpha value is -1.75. The number of esters is 1. The van der Waals surface area contributed by atoms with Crippen molar-refractivity contribution in [2.24, 2.45) is 0 Å². The van der Waals surface area contributed by atoms with E-state index in [0.29, 0.717) is 17.9 Å². The third kappa shape index (κ3) is 3.96. The van der Waals surface area contributed by atoms with Gasteiger partial charge in [0.25, 0.3) is 0 Å². The largest absolute Gasteiger partial charge is 0.465 e. The molecule has 1 aromatic rings. The molecule has 0 heterocycles. The van der Waals surface area contributed by atoms with Gasteiger partial charge in [-0.1, -0.05) is 0 Å². The second kappa shape index (κ2) is 6.75. The van der Waals surface area contributed by atoms with Crippen LogP contribution in [0.15, 0.2) is 18.2 Å². The number of nitrogen functional groups attached to an aromatic ring is 1. The Morgan fingerprint density at radius 2 is 2.18 bits per heavy atom. The van der Waals surface area contributed by atoms with Gasteiger partial charge in [-0.25, -0.2) is 4.79 Å². The van der Waals surface area contributed by atoms with E-state index in [1.54, 1.807) is 19.2 Å². The molecule has 3 N–H and O–H groups in total. The monoisotopic (exact) mass is 238 g/mol. The van der Waals surface area contributed by atoms with Crippen LogP contribution in [0.5, 0.6) is 0 Å². The summed E-state index contributed by atoms with van der Waals surface area (Å²) < 4.78 is 9.59. The zero-order valence-corrected chi connectivity index (χ0v) is 10.2. The van der Waals surface area contributed by atoms with E-state index in [9.17, 15) is 4.79 Å². The molecule has 0 amide bonds. The van der Waals surface area contributed by atoms with Gasteiger partial charge in [-0.05, 0) is 24.6 Å². The summed E-state index contributed by atoms with van der Waals surface area (Å²) in [5.74, 6) is -0.428. The van der Waals surface area contributed by atoms with Crippen LogP contribution in [-0.2, 0) is 9.47 Å². The van der Waals surface area contributed by atoms with Crippen LogP contribution in [0.25, 0.3) is 0 Å². The molecule has 0 saturated carbocycles. The van der Waals surface area contributed by atoms with Crippen molar-refractivity contribution in [3.63, 3.8) is 0 Å². The number of hydrogen-bond acceptors (Lipinski definition) is 5. The molecule has 0 aliphatic heterocycles. The molecule has 0 aromatic heterocycles. The molecule has 0 unspecified atom stereocenters. The van der Waals surface area contributed by atoms with Gasteiger partial charge in [0.05, 0.1) is 12.7 Å². The van der Waals surface area contributed by atoms with E-state index in [-0.39, 0.29) is 0 Å². The smallest absolute Gasteiger partial charge is 0.340 e. The Labute approximate surface area is 101 Å². The highest BCUT2D eigenvalue weighted by molar-refractivity contribution is 5.96. The Balaban J connectivity index is 2.65. The van der Waals surface area contributed by atoms with Crippen LogP contribution < -0.4 is 11.1 Å². The summed E-state index contributed by atoms with van der Waals surface area (Å²) in [5.41, 5.74) is 7.33. The molecule has 5 heteroatoms. The summed E-state index contributed by atoms with van der Waals surface area (Å²) in [6.07, 6.45) is 0.897. The van der Waals surface area contributed by atoms with E-state index >= 15 is 0 Å². The zero-order chi connectivity index (χ0) is 12.7. The van der Waals surface area contributed by atoms with Gasteiger partial charge in [-0.2, -0.15) is 0 Å². The second-order valence-electron chi connectivity index (χ2n) is 3.57. The standard InChI is InChI=1S/C12H18N2O3/c1-16-7-3-6-14-9-4-5-11(13)10(8-9)12(15)17-2/h4-5,8,14H,3,6-7,13H2,1-2H3. The van der Waals surface area contributed by atoms with Crippen molar-refractivity contribution in [3.05, 3.63) is 23.8 Å². The third-order valence-electron chi connectivity index (χ3n) is 2.31. The molecule has 1 rings (SSSR count). The number of rotatable bonds is 6. The normalized spacial score (nSPS) is 10.0. The average molecular weight is 238 g/mol. The van der Waals surface area contributed by atoms with Crippen molar-refractivity contribution in [2.75, 3.05) is 38.4 Å². The molecular weight excluding hydrogens is 220 g/mol. The van der Waals surface area contributed by atoms with Gasteiger partial charge in [-0.3, -0.25) is 0 Å². The summed E-state index contributed by atoms with van der Waals surface area (Å²) in [5, 5.41) is 3.18. The first kappa shape index (κ1) is 13.3. The summed E-state index contributed by atoms with van der Waals surface area (Å²) >= 11 is 0. The number of carbonyl (C=O) groups excluding carboxylic acids is 1. The quantitative estimate of drug-likeness (QED) is 0.446. The molecule has 94 valence electrons. The Bertz CT molecular complexity index is 380. The van der Waals surface area contributed by atoms with E-state index in [1.807, 2.05) is 6.07 Å². The Morgan fingerprint density at radius 3 is 2.82 bits per heavy atom.